The highest BCUT2D eigenvalue weighted by Crippen LogP contribution is 2.26. The molecule has 5 nitrogen and oxygen atoms in total. The molecule has 0 spiro atoms. The van der Waals surface area contributed by atoms with Crippen LogP contribution in [0.4, 0.5) is 5.69 Å². The molecule has 1 unspecified atom stereocenters. The van der Waals surface area contributed by atoms with Gasteiger partial charge in [-0.15, -0.1) is 0 Å². The summed E-state index contributed by atoms with van der Waals surface area (Å²) in [5.74, 6) is -0.0911. The fourth-order valence-corrected chi connectivity index (χ4v) is 2.76. The molecular formula is C16H19N3O2. The normalized spacial score (nSPS) is 21.8. The van der Waals surface area contributed by atoms with Crippen LogP contribution in [0.2, 0.25) is 0 Å². The molecule has 2 aromatic rings. The summed E-state index contributed by atoms with van der Waals surface area (Å²) in [6.07, 6.45) is 1.70. The highest BCUT2D eigenvalue weighted by atomic mass is 16.3. The Morgan fingerprint density at radius 1 is 1.29 bits per heavy atom. The van der Waals surface area contributed by atoms with Gasteiger partial charge in [0, 0.05) is 24.8 Å². The first-order chi connectivity index (χ1) is 10.1. The predicted octanol–water partition coefficient (Wildman–Crippen LogP) is 1.78. The predicted molar refractivity (Wildman–Crippen MR) is 80.5 cm³/mol. The minimum atomic E-state index is -0.489. The molecule has 2 heterocycles. The molecule has 110 valence electrons. The molecule has 21 heavy (non-hydrogen) atoms. The molecule has 3 rings (SSSR count). The third-order valence-corrected chi connectivity index (χ3v) is 4.02. The molecular weight excluding hydrogens is 266 g/mol. The standard InChI is InChI=1S/C16H19N3O2/c1-11-9-19(17-12(11)2)16(21)15-8-14(20)10-18(15)13-6-4-3-5-7-13/h3-7,9,14-15,20H,8,10H2,1-2H3/t14-,15?/m1/s1. The molecule has 1 aliphatic rings. The third-order valence-electron chi connectivity index (χ3n) is 4.02. The Kier molecular flexibility index (Phi) is 3.51. The van der Waals surface area contributed by atoms with Crippen LogP contribution in [0.15, 0.2) is 36.5 Å². The van der Waals surface area contributed by atoms with Gasteiger partial charge in [0.15, 0.2) is 0 Å². The van der Waals surface area contributed by atoms with Crippen LogP contribution >= 0.6 is 0 Å². The van der Waals surface area contributed by atoms with Crippen LogP contribution in [-0.4, -0.2) is 39.5 Å². The molecule has 1 N–H and O–H groups in total. The Morgan fingerprint density at radius 3 is 2.62 bits per heavy atom. The summed E-state index contributed by atoms with van der Waals surface area (Å²) in [4.78, 5) is 14.6. The maximum absolute atomic E-state index is 12.7. The quantitative estimate of drug-likeness (QED) is 0.914. The Balaban J connectivity index is 1.90. The fourth-order valence-electron chi connectivity index (χ4n) is 2.76. The lowest BCUT2D eigenvalue weighted by atomic mass is 10.1. The van der Waals surface area contributed by atoms with E-state index in [0.717, 1.165) is 16.9 Å². The first-order valence-electron chi connectivity index (χ1n) is 7.13. The summed E-state index contributed by atoms with van der Waals surface area (Å²) in [5.41, 5.74) is 2.80. The van der Waals surface area contributed by atoms with Crippen molar-refractivity contribution in [1.29, 1.82) is 0 Å². The average Bonchev–Trinajstić information content (AvgIpc) is 3.03. The second-order valence-corrected chi connectivity index (χ2v) is 5.57. The maximum atomic E-state index is 12.7. The third kappa shape index (κ3) is 2.56. The van der Waals surface area contributed by atoms with Crippen molar-refractivity contribution < 1.29 is 9.90 Å². The highest BCUT2D eigenvalue weighted by Gasteiger charge is 2.37. The maximum Gasteiger partial charge on any atom is 0.269 e. The Morgan fingerprint density at radius 2 is 2.00 bits per heavy atom. The van der Waals surface area contributed by atoms with Crippen LogP contribution in [0.1, 0.15) is 22.5 Å². The second kappa shape index (κ2) is 5.33. The van der Waals surface area contributed by atoms with Crippen molar-refractivity contribution in [3.63, 3.8) is 0 Å². The van der Waals surface area contributed by atoms with Crippen molar-refractivity contribution >= 4 is 11.6 Å². The molecule has 0 amide bonds. The van der Waals surface area contributed by atoms with Crippen molar-refractivity contribution in [3.8, 4) is 0 Å². The fraction of sp³-hybridized carbons (Fsp3) is 0.375. The molecule has 0 aliphatic carbocycles. The number of aliphatic hydroxyl groups excluding tert-OH is 1. The van der Waals surface area contributed by atoms with Gasteiger partial charge in [0.1, 0.15) is 6.04 Å². The molecule has 2 atom stereocenters. The zero-order valence-electron chi connectivity index (χ0n) is 12.2. The number of rotatable bonds is 2. The van der Waals surface area contributed by atoms with Gasteiger partial charge in [-0.1, -0.05) is 18.2 Å². The number of para-hydroxylation sites is 1. The molecule has 1 fully saturated rings. The van der Waals surface area contributed by atoms with E-state index in [-0.39, 0.29) is 11.9 Å². The average molecular weight is 285 g/mol. The van der Waals surface area contributed by atoms with E-state index < -0.39 is 6.10 Å². The van der Waals surface area contributed by atoms with Gasteiger partial charge in [-0.3, -0.25) is 4.79 Å². The molecule has 1 aromatic carbocycles. The van der Waals surface area contributed by atoms with Crippen LogP contribution < -0.4 is 4.90 Å². The van der Waals surface area contributed by atoms with E-state index in [0.29, 0.717) is 13.0 Å². The Bertz CT molecular complexity index is 631. The van der Waals surface area contributed by atoms with Gasteiger partial charge in [0.05, 0.1) is 11.8 Å². The van der Waals surface area contributed by atoms with Crippen molar-refractivity contribution in [2.75, 3.05) is 11.4 Å². The van der Waals surface area contributed by atoms with Crippen molar-refractivity contribution in [2.24, 2.45) is 0 Å². The lowest BCUT2D eigenvalue weighted by Crippen LogP contribution is -2.39. The number of aromatic nitrogens is 2. The SMILES string of the molecule is Cc1cn(C(=O)C2C[C@@H](O)CN2c2ccccc2)nc1C. The van der Waals surface area contributed by atoms with Gasteiger partial charge in [-0.2, -0.15) is 5.10 Å². The van der Waals surface area contributed by atoms with Crippen LogP contribution in [0, 0.1) is 13.8 Å². The number of aliphatic hydroxyl groups is 1. The van der Waals surface area contributed by atoms with E-state index in [1.54, 1.807) is 6.20 Å². The first kappa shape index (κ1) is 13.8. The van der Waals surface area contributed by atoms with Gasteiger partial charge in [0.25, 0.3) is 5.91 Å². The van der Waals surface area contributed by atoms with E-state index in [9.17, 15) is 9.90 Å². The van der Waals surface area contributed by atoms with Crippen molar-refractivity contribution in [2.45, 2.75) is 32.4 Å². The summed E-state index contributed by atoms with van der Waals surface area (Å²) >= 11 is 0. The molecule has 1 saturated heterocycles. The Hall–Kier alpha value is -2.14. The monoisotopic (exact) mass is 285 g/mol. The van der Waals surface area contributed by atoms with Crippen molar-refractivity contribution in [3.05, 3.63) is 47.8 Å². The summed E-state index contributed by atoms with van der Waals surface area (Å²) in [6, 6.07) is 9.34. The number of nitrogens with zero attached hydrogens (tertiary/aromatic N) is 3. The molecule has 5 heteroatoms. The van der Waals surface area contributed by atoms with Crippen LogP contribution in [-0.2, 0) is 0 Å². The number of carbonyl (C=O) groups excluding carboxylic acids is 1. The zero-order valence-corrected chi connectivity index (χ0v) is 12.2. The van der Waals surface area contributed by atoms with Crippen LogP contribution in [0.3, 0.4) is 0 Å². The van der Waals surface area contributed by atoms with E-state index in [1.165, 1.54) is 4.68 Å². The number of hydrogen-bond acceptors (Lipinski definition) is 4. The summed E-state index contributed by atoms with van der Waals surface area (Å²) in [7, 11) is 0. The van der Waals surface area contributed by atoms with Crippen molar-refractivity contribution in [1.82, 2.24) is 9.78 Å². The lowest BCUT2D eigenvalue weighted by Gasteiger charge is -2.25. The minimum Gasteiger partial charge on any atom is -0.391 e. The highest BCUT2D eigenvalue weighted by molar-refractivity contribution is 5.87. The number of benzene rings is 1. The summed E-state index contributed by atoms with van der Waals surface area (Å²) in [6.45, 7) is 4.29. The topological polar surface area (TPSA) is 58.4 Å². The lowest BCUT2D eigenvalue weighted by molar-refractivity contribution is 0.0852. The van der Waals surface area contributed by atoms with E-state index in [4.69, 9.17) is 0 Å². The number of aryl methyl sites for hydroxylation is 2. The number of β-amino-alcohol motifs (C(OH)–C–C–N with tert-alkyl or cyclic N) is 1. The van der Waals surface area contributed by atoms with Crippen LogP contribution in [0.5, 0.6) is 0 Å². The number of hydrogen-bond donors (Lipinski definition) is 1. The minimum absolute atomic E-state index is 0.0911. The molecule has 0 bridgehead atoms. The Labute approximate surface area is 123 Å². The summed E-state index contributed by atoms with van der Waals surface area (Å²) < 4.78 is 1.41. The van der Waals surface area contributed by atoms with Gasteiger partial charge in [-0.25, -0.2) is 4.68 Å². The first-order valence-corrected chi connectivity index (χ1v) is 7.13. The van der Waals surface area contributed by atoms with Crippen LogP contribution in [0.25, 0.3) is 0 Å². The molecule has 0 radical (unpaired) electrons. The largest absolute Gasteiger partial charge is 0.391 e. The van der Waals surface area contributed by atoms with Gasteiger partial charge in [0.2, 0.25) is 0 Å². The van der Waals surface area contributed by atoms with E-state index >= 15 is 0 Å². The van der Waals surface area contributed by atoms with Gasteiger partial charge < -0.3 is 10.0 Å². The number of anilines is 1. The smallest absolute Gasteiger partial charge is 0.269 e. The molecule has 0 saturated carbocycles. The second-order valence-electron chi connectivity index (χ2n) is 5.57. The summed E-state index contributed by atoms with van der Waals surface area (Å²) in [5, 5.41) is 14.2. The molecule has 1 aromatic heterocycles. The van der Waals surface area contributed by atoms with E-state index in [1.807, 2.05) is 49.1 Å². The van der Waals surface area contributed by atoms with Gasteiger partial charge in [-0.05, 0) is 31.5 Å². The molecule has 1 aliphatic heterocycles. The zero-order chi connectivity index (χ0) is 15.0. The number of carbonyl (C=O) groups is 1. The van der Waals surface area contributed by atoms with Gasteiger partial charge >= 0.3 is 0 Å². The van der Waals surface area contributed by atoms with E-state index in [2.05, 4.69) is 5.10 Å².